The molecule has 1 aromatic carbocycles. The van der Waals surface area contributed by atoms with Crippen molar-refractivity contribution in [3.63, 3.8) is 0 Å². The molecule has 20 heavy (non-hydrogen) atoms. The van der Waals surface area contributed by atoms with Crippen molar-refractivity contribution in [2.75, 3.05) is 5.73 Å². The molecule has 0 bridgehead atoms. The second kappa shape index (κ2) is 5.05. The lowest BCUT2D eigenvalue weighted by Crippen LogP contribution is -1.99. The van der Waals surface area contributed by atoms with Gasteiger partial charge in [0.25, 0.3) is 0 Å². The maximum Gasteiger partial charge on any atom is 0.162 e. The van der Waals surface area contributed by atoms with E-state index in [0.29, 0.717) is 22.9 Å². The van der Waals surface area contributed by atoms with Crippen LogP contribution in [-0.4, -0.2) is 15.0 Å². The van der Waals surface area contributed by atoms with Crippen molar-refractivity contribution in [2.24, 2.45) is 0 Å². The van der Waals surface area contributed by atoms with Gasteiger partial charge in [-0.1, -0.05) is 30.3 Å². The summed E-state index contributed by atoms with van der Waals surface area (Å²) in [5.74, 6) is 0.325. The molecule has 4 nitrogen and oxygen atoms in total. The summed E-state index contributed by atoms with van der Waals surface area (Å²) in [6, 6.07) is 12.5. The number of nitrogens with zero attached hydrogens (tertiary/aromatic N) is 3. The average molecular weight is 266 g/mol. The molecule has 2 aromatic heterocycles. The van der Waals surface area contributed by atoms with Crippen LogP contribution in [-0.2, 0) is 0 Å². The molecule has 0 aliphatic carbocycles. The van der Waals surface area contributed by atoms with Crippen molar-refractivity contribution < 1.29 is 4.39 Å². The summed E-state index contributed by atoms with van der Waals surface area (Å²) in [5.41, 5.74) is 7.42. The summed E-state index contributed by atoms with van der Waals surface area (Å²) in [6.45, 7) is 0. The monoisotopic (exact) mass is 266 g/mol. The molecule has 0 amide bonds. The van der Waals surface area contributed by atoms with E-state index < -0.39 is 5.82 Å². The Morgan fingerprint density at radius 2 is 1.80 bits per heavy atom. The van der Waals surface area contributed by atoms with E-state index in [-0.39, 0.29) is 0 Å². The maximum atomic E-state index is 13.8. The van der Waals surface area contributed by atoms with Crippen LogP contribution in [0.25, 0.3) is 22.6 Å². The highest BCUT2D eigenvalue weighted by Crippen LogP contribution is 2.24. The van der Waals surface area contributed by atoms with Gasteiger partial charge in [-0.3, -0.25) is 4.98 Å². The molecule has 0 aliphatic rings. The second-order valence-electron chi connectivity index (χ2n) is 4.22. The molecule has 98 valence electrons. The fourth-order valence-electron chi connectivity index (χ4n) is 1.90. The Bertz CT molecular complexity index is 744. The van der Waals surface area contributed by atoms with Gasteiger partial charge in [0.1, 0.15) is 5.82 Å². The summed E-state index contributed by atoms with van der Waals surface area (Å²) < 4.78 is 13.8. The zero-order valence-corrected chi connectivity index (χ0v) is 10.5. The Labute approximate surface area is 115 Å². The highest BCUT2D eigenvalue weighted by atomic mass is 19.1. The topological polar surface area (TPSA) is 64.7 Å². The van der Waals surface area contributed by atoms with Crippen LogP contribution in [0.5, 0.6) is 0 Å². The Kier molecular flexibility index (Phi) is 3.09. The van der Waals surface area contributed by atoms with Gasteiger partial charge in [0.2, 0.25) is 0 Å². The van der Waals surface area contributed by atoms with Gasteiger partial charge in [-0.15, -0.1) is 0 Å². The molecule has 0 spiro atoms. The number of nitrogens with two attached hydrogens (primary N) is 1. The Morgan fingerprint density at radius 3 is 2.55 bits per heavy atom. The zero-order chi connectivity index (χ0) is 13.9. The zero-order valence-electron chi connectivity index (χ0n) is 10.5. The summed E-state index contributed by atoms with van der Waals surface area (Å²) >= 11 is 0. The molecule has 0 atom stereocenters. The first-order valence-corrected chi connectivity index (χ1v) is 6.04. The fraction of sp³-hybridized carbons (Fsp3) is 0. The van der Waals surface area contributed by atoms with E-state index in [2.05, 4.69) is 15.0 Å². The molecule has 0 radical (unpaired) electrons. The van der Waals surface area contributed by atoms with E-state index in [0.717, 1.165) is 11.8 Å². The number of anilines is 1. The quantitative estimate of drug-likeness (QED) is 0.774. The molecular weight excluding hydrogens is 255 g/mol. The fourth-order valence-corrected chi connectivity index (χ4v) is 1.90. The summed E-state index contributed by atoms with van der Waals surface area (Å²) in [6.07, 6.45) is 2.66. The highest BCUT2D eigenvalue weighted by Gasteiger charge is 2.10. The summed E-state index contributed by atoms with van der Waals surface area (Å²) in [5, 5.41) is 0. The van der Waals surface area contributed by atoms with Crippen molar-refractivity contribution in [3.8, 4) is 22.6 Å². The predicted octanol–water partition coefficient (Wildman–Crippen LogP) is 2.93. The lowest BCUT2D eigenvalue weighted by atomic mass is 10.1. The molecule has 2 N–H and O–H groups in total. The first-order valence-electron chi connectivity index (χ1n) is 6.04. The van der Waals surface area contributed by atoms with Crippen LogP contribution in [0, 0.1) is 5.82 Å². The van der Waals surface area contributed by atoms with E-state index in [4.69, 9.17) is 5.73 Å². The molecule has 3 rings (SSSR count). The normalized spacial score (nSPS) is 10.4. The minimum Gasteiger partial charge on any atom is -0.384 e. The number of benzene rings is 1. The van der Waals surface area contributed by atoms with Crippen LogP contribution in [0.3, 0.4) is 0 Å². The smallest absolute Gasteiger partial charge is 0.162 e. The minimum absolute atomic E-state index is 0.296. The first-order chi connectivity index (χ1) is 9.74. The molecule has 0 unspecified atom stereocenters. The second-order valence-corrected chi connectivity index (χ2v) is 4.22. The highest BCUT2D eigenvalue weighted by molar-refractivity contribution is 5.66. The number of rotatable bonds is 2. The first kappa shape index (κ1) is 12.2. The van der Waals surface area contributed by atoms with Crippen LogP contribution < -0.4 is 5.73 Å². The van der Waals surface area contributed by atoms with Crippen LogP contribution in [0.15, 0.2) is 54.9 Å². The van der Waals surface area contributed by atoms with Gasteiger partial charge in [0.05, 0.1) is 11.9 Å². The van der Waals surface area contributed by atoms with Gasteiger partial charge >= 0.3 is 0 Å². The molecule has 0 aliphatic heterocycles. The van der Waals surface area contributed by atoms with E-state index in [1.54, 1.807) is 12.1 Å². The third-order valence-corrected chi connectivity index (χ3v) is 2.83. The van der Waals surface area contributed by atoms with Crippen molar-refractivity contribution in [2.45, 2.75) is 0 Å². The van der Waals surface area contributed by atoms with Gasteiger partial charge in [-0.2, -0.15) is 0 Å². The lowest BCUT2D eigenvalue weighted by molar-refractivity contribution is 0.624. The molecule has 0 saturated heterocycles. The largest absolute Gasteiger partial charge is 0.384 e. The summed E-state index contributed by atoms with van der Waals surface area (Å²) in [7, 11) is 0. The van der Waals surface area contributed by atoms with Crippen LogP contribution in [0.1, 0.15) is 0 Å². The van der Waals surface area contributed by atoms with Gasteiger partial charge < -0.3 is 5.73 Å². The minimum atomic E-state index is -0.440. The van der Waals surface area contributed by atoms with Crippen molar-refractivity contribution in [3.05, 3.63) is 60.7 Å². The van der Waals surface area contributed by atoms with Crippen LogP contribution >= 0.6 is 0 Å². The summed E-state index contributed by atoms with van der Waals surface area (Å²) in [4.78, 5) is 12.3. The van der Waals surface area contributed by atoms with Crippen molar-refractivity contribution in [1.82, 2.24) is 15.0 Å². The number of hydrogen-bond acceptors (Lipinski definition) is 4. The van der Waals surface area contributed by atoms with E-state index in [1.807, 2.05) is 30.3 Å². The van der Waals surface area contributed by atoms with Crippen LogP contribution in [0.4, 0.5) is 10.2 Å². The van der Waals surface area contributed by atoms with Gasteiger partial charge in [-0.05, 0) is 6.07 Å². The average Bonchev–Trinajstić information content (AvgIpc) is 2.48. The Hall–Kier alpha value is -2.82. The third kappa shape index (κ3) is 2.33. The number of nitrogen functional groups attached to an aromatic ring is 1. The molecule has 0 saturated carbocycles. The molecular formula is C15H11FN4. The van der Waals surface area contributed by atoms with Crippen molar-refractivity contribution >= 4 is 5.82 Å². The van der Waals surface area contributed by atoms with Crippen molar-refractivity contribution in [1.29, 1.82) is 0 Å². The van der Waals surface area contributed by atoms with Crippen LogP contribution in [0.2, 0.25) is 0 Å². The molecule has 2 heterocycles. The van der Waals surface area contributed by atoms with E-state index in [1.165, 1.54) is 6.20 Å². The Balaban J connectivity index is 2.15. The number of hydrogen-bond donors (Lipinski definition) is 1. The predicted molar refractivity (Wildman–Crippen MR) is 75.1 cm³/mol. The van der Waals surface area contributed by atoms with Gasteiger partial charge in [0.15, 0.2) is 11.6 Å². The van der Waals surface area contributed by atoms with E-state index in [9.17, 15) is 4.39 Å². The third-order valence-electron chi connectivity index (χ3n) is 2.83. The number of aromatic nitrogens is 3. The Morgan fingerprint density at radius 1 is 1.00 bits per heavy atom. The number of halogens is 1. The maximum absolute atomic E-state index is 13.8. The van der Waals surface area contributed by atoms with E-state index >= 15 is 0 Å². The molecule has 0 fully saturated rings. The SMILES string of the molecule is Nc1cc(-c2ccncc2F)nc(-c2ccccc2)n1. The standard InChI is InChI=1S/C15H11FN4/c16-12-9-18-7-6-11(12)13-8-14(17)20-15(19-13)10-4-2-1-3-5-10/h1-9H,(H2,17,19,20). The van der Waals surface area contributed by atoms with Gasteiger partial charge in [0, 0.05) is 23.4 Å². The molecule has 5 heteroatoms. The van der Waals surface area contributed by atoms with Gasteiger partial charge in [-0.25, -0.2) is 14.4 Å². The molecule has 3 aromatic rings. The lowest BCUT2D eigenvalue weighted by Gasteiger charge is -2.06. The number of pyridine rings is 1.